The second-order valence-corrected chi connectivity index (χ2v) is 7.25. The van der Waals surface area contributed by atoms with Crippen LogP contribution in [0.2, 0.25) is 0 Å². The van der Waals surface area contributed by atoms with Crippen LogP contribution in [0.25, 0.3) is 0 Å². The number of hydrogen-bond acceptors (Lipinski definition) is 4. The van der Waals surface area contributed by atoms with Gasteiger partial charge in [-0.1, -0.05) is 48.5 Å². The van der Waals surface area contributed by atoms with E-state index >= 15 is 0 Å². The van der Waals surface area contributed by atoms with Crippen LogP contribution >= 0.6 is 12.2 Å². The van der Waals surface area contributed by atoms with Gasteiger partial charge in [-0.25, -0.2) is 0 Å². The number of carbonyl (C=O) groups excluding carboxylic acids is 1. The number of amides is 1. The summed E-state index contributed by atoms with van der Waals surface area (Å²) in [5.41, 5.74) is 7.63. The van der Waals surface area contributed by atoms with E-state index in [-0.39, 0.29) is 5.91 Å². The van der Waals surface area contributed by atoms with Crippen molar-refractivity contribution in [3.63, 3.8) is 0 Å². The Morgan fingerprint density at radius 2 is 1.46 bits per heavy atom. The molecule has 2 aromatic carbocycles. The highest BCUT2D eigenvalue weighted by molar-refractivity contribution is 7.80. The molecule has 1 heterocycles. The molecule has 7 heteroatoms. The van der Waals surface area contributed by atoms with Crippen LogP contribution in [0.3, 0.4) is 0 Å². The first-order valence-corrected chi connectivity index (χ1v) is 9.99. The highest BCUT2D eigenvalue weighted by Gasteiger charge is 2.17. The van der Waals surface area contributed by atoms with Gasteiger partial charge in [-0.15, -0.1) is 0 Å². The van der Waals surface area contributed by atoms with E-state index in [1.54, 1.807) is 0 Å². The number of piperazine rings is 1. The fourth-order valence-corrected chi connectivity index (χ4v) is 3.31. The monoisotopic (exact) mass is 397 g/mol. The molecule has 148 valence electrons. The third-order valence-electron chi connectivity index (χ3n) is 4.72. The van der Waals surface area contributed by atoms with Crippen molar-refractivity contribution in [2.24, 2.45) is 0 Å². The lowest BCUT2D eigenvalue weighted by Crippen LogP contribution is -2.48. The Hall–Kier alpha value is -2.48. The van der Waals surface area contributed by atoms with Crippen molar-refractivity contribution in [1.29, 1.82) is 0 Å². The van der Waals surface area contributed by atoms with Gasteiger partial charge in [0.15, 0.2) is 5.11 Å². The number of carbonyl (C=O) groups is 1. The lowest BCUT2D eigenvalue weighted by molar-refractivity contribution is -0.122. The molecule has 0 unspecified atom stereocenters. The second-order valence-electron chi connectivity index (χ2n) is 6.85. The van der Waals surface area contributed by atoms with E-state index in [1.165, 1.54) is 5.56 Å². The Morgan fingerprint density at radius 1 is 0.857 bits per heavy atom. The molecule has 0 radical (unpaired) electrons. The molecule has 1 saturated heterocycles. The van der Waals surface area contributed by atoms with Crippen LogP contribution in [0.15, 0.2) is 60.7 Å². The van der Waals surface area contributed by atoms with Gasteiger partial charge < -0.3 is 10.2 Å². The first kappa shape index (κ1) is 20.3. The van der Waals surface area contributed by atoms with Crippen molar-refractivity contribution in [1.82, 2.24) is 20.7 Å². The van der Waals surface area contributed by atoms with Crippen molar-refractivity contribution in [3.8, 4) is 0 Å². The number of hydrazine groups is 1. The number of nitrogens with one attached hydrogen (secondary N) is 3. The minimum atomic E-state index is -0.0658. The molecule has 0 spiro atoms. The van der Waals surface area contributed by atoms with E-state index in [9.17, 15) is 4.79 Å². The lowest BCUT2D eigenvalue weighted by Gasteiger charge is -2.34. The first-order valence-electron chi connectivity index (χ1n) is 9.58. The molecule has 1 aliphatic rings. The summed E-state index contributed by atoms with van der Waals surface area (Å²) in [4.78, 5) is 16.8. The van der Waals surface area contributed by atoms with Gasteiger partial charge in [0.1, 0.15) is 0 Å². The van der Waals surface area contributed by atoms with Crippen LogP contribution in [0.5, 0.6) is 0 Å². The molecule has 0 aromatic heterocycles. The highest BCUT2D eigenvalue weighted by atomic mass is 32.1. The zero-order valence-corrected chi connectivity index (χ0v) is 16.8. The molecular formula is C21H27N5OS. The third kappa shape index (κ3) is 6.92. The maximum atomic E-state index is 12.1. The van der Waals surface area contributed by atoms with E-state index < -0.39 is 0 Å². The Balaban J connectivity index is 1.28. The Kier molecular flexibility index (Phi) is 7.78. The van der Waals surface area contributed by atoms with Crippen LogP contribution in [-0.2, 0) is 11.3 Å². The van der Waals surface area contributed by atoms with Crippen molar-refractivity contribution >= 4 is 28.9 Å². The second kappa shape index (κ2) is 10.8. The van der Waals surface area contributed by atoms with Gasteiger partial charge in [0.2, 0.25) is 5.91 Å². The van der Waals surface area contributed by atoms with Crippen LogP contribution in [0.1, 0.15) is 12.0 Å². The molecule has 0 atom stereocenters. The summed E-state index contributed by atoms with van der Waals surface area (Å²) >= 11 is 5.18. The predicted molar refractivity (Wildman–Crippen MR) is 117 cm³/mol. The summed E-state index contributed by atoms with van der Waals surface area (Å²) < 4.78 is 0. The number of anilines is 1. The van der Waals surface area contributed by atoms with Crippen LogP contribution < -0.4 is 16.2 Å². The molecular weight excluding hydrogens is 370 g/mol. The molecule has 0 saturated carbocycles. The van der Waals surface area contributed by atoms with Crippen LogP contribution in [0.4, 0.5) is 5.69 Å². The number of nitrogens with zero attached hydrogens (tertiary/aromatic N) is 2. The summed E-state index contributed by atoms with van der Waals surface area (Å²) in [6, 6.07) is 20.1. The zero-order chi connectivity index (χ0) is 19.6. The largest absolute Gasteiger partial charge is 0.331 e. The van der Waals surface area contributed by atoms with Gasteiger partial charge in [0.05, 0.1) is 0 Å². The lowest BCUT2D eigenvalue weighted by atomic mass is 10.2. The Labute approximate surface area is 171 Å². The molecule has 3 rings (SSSR count). The summed E-state index contributed by atoms with van der Waals surface area (Å²) in [6.07, 6.45) is 0.444. The molecule has 6 nitrogen and oxygen atoms in total. The van der Waals surface area contributed by atoms with Gasteiger partial charge in [-0.3, -0.25) is 20.5 Å². The molecule has 3 N–H and O–H groups in total. The van der Waals surface area contributed by atoms with Gasteiger partial charge >= 0.3 is 0 Å². The molecule has 2 aromatic rings. The normalized spacial score (nSPS) is 15.0. The topological polar surface area (TPSA) is 59.6 Å². The minimum absolute atomic E-state index is 0.0658. The minimum Gasteiger partial charge on any atom is -0.331 e. The van der Waals surface area contributed by atoms with Crippen LogP contribution in [-0.4, -0.2) is 53.5 Å². The molecule has 0 aliphatic carbocycles. The molecule has 1 amide bonds. The Bertz CT molecular complexity index is 748. The Morgan fingerprint density at radius 3 is 2.14 bits per heavy atom. The van der Waals surface area contributed by atoms with E-state index in [1.807, 2.05) is 36.4 Å². The maximum Gasteiger partial charge on any atom is 0.239 e. The highest BCUT2D eigenvalue weighted by Crippen LogP contribution is 2.08. The summed E-state index contributed by atoms with van der Waals surface area (Å²) in [5.74, 6) is -0.0658. The molecule has 0 bridgehead atoms. The van der Waals surface area contributed by atoms with Crippen molar-refractivity contribution in [3.05, 3.63) is 66.2 Å². The molecule has 28 heavy (non-hydrogen) atoms. The van der Waals surface area contributed by atoms with Gasteiger partial charge in [0, 0.05) is 51.4 Å². The molecule has 1 aliphatic heterocycles. The first-order chi connectivity index (χ1) is 13.7. The number of para-hydroxylation sites is 1. The quantitative estimate of drug-likeness (QED) is 0.513. The smallest absolute Gasteiger partial charge is 0.239 e. The van der Waals surface area contributed by atoms with E-state index in [4.69, 9.17) is 12.2 Å². The van der Waals surface area contributed by atoms with Gasteiger partial charge in [-0.05, 0) is 29.9 Å². The summed E-state index contributed by atoms with van der Waals surface area (Å²) in [7, 11) is 0. The summed E-state index contributed by atoms with van der Waals surface area (Å²) in [5, 5.41) is 3.39. The average molecular weight is 398 g/mol. The number of benzene rings is 2. The van der Waals surface area contributed by atoms with E-state index in [2.05, 4.69) is 50.2 Å². The fourth-order valence-electron chi connectivity index (χ4n) is 3.15. The third-order valence-corrected chi connectivity index (χ3v) is 4.92. The average Bonchev–Trinajstić information content (AvgIpc) is 2.73. The standard InChI is InChI=1S/C21H27N5OS/c27-20(23-24-21(28)22-19-9-5-2-6-10-19)11-12-25-13-15-26(16-14-25)17-18-7-3-1-4-8-18/h1-10H,11-17H2,(H,23,27)(H2,22,24,28). The zero-order valence-electron chi connectivity index (χ0n) is 15.9. The van der Waals surface area contributed by atoms with Gasteiger partial charge in [-0.2, -0.15) is 0 Å². The number of thiocarbonyl (C=S) groups is 1. The van der Waals surface area contributed by atoms with Crippen molar-refractivity contribution < 1.29 is 4.79 Å². The summed E-state index contributed by atoms with van der Waals surface area (Å²) in [6.45, 7) is 5.78. The van der Waals surface area contributed by atoms with Crippen LogP contribution in [0, 0.1) is 0 Å². The van der Waals surface area contributed by atoms with Crippen molar-refractivity contribution in [2.45, 2.75) is 13.0 Å². The van der Waals surface area contributed by atoms with E-state index in [0.29, 0.717) is 11.5 Å². The fraction of sp³-hybridized carbons (Fsp3) is 0.333. The van der Waals surface area contributed by atoms with Crippen molar-refractivity contribution in [2.75, 3.05) is 38.0 Å². The predicted octanol–water partition coefficient (Wildman–Crippen LogP) is 2.21. The SMILES string of the molecule is O=C(CCN1CCN(Cc2ccccc2)CC1)NNC(=S)Nc1ccccc1. The van der Waals surface area contributed by atoms with Gasteiger partial charge in [0.25, 0.3) is 0 Å². The maximum absolute atomic E-state index is 12.1. The van der Waals surface area contributed by atoms with E-state index in [0.717, 1.165) is 45.0 Å². The molecule has 1 fully saturated rings. The number of rotatable bonds is 6. The number of hydrogen-bond donors (Lipinski definition) is 3.